The summed E-state index contributed by atoms with van der Waals surface area (Å²) in [6.45, 7) is -0.260. The van der Waals surface area contributed by atoms with Crippen LogP contribution in [0.1, 0.15) is 22.0 Å². The highest BCUT2D eigenvalue weighted by molar-refractivity contribution is 5.98. The summed E-state index contributed by atoms with van der Waals surface area (Å²) < 4.78 is 6.72. The number of nitrogens with zero attached hydrogens (tertiary/aromatic N) is 2. The van der Waals surface area contributed by atoms with Crippen LogP contribution < -0.4 is 5.32 Å². The molecule has 0 saturated carbocycles. The minimum atomic E-state index is -0.693. The smallest absolute Gasteiger partial charge is 0.417 e. The van der Waals surface area contributed by atoms with Gasteiger partial charge < -0.3 is 14.6 Å². The number of cyclic esters (lactones) is 1. The standard InChI is InChI=1S/C22H19N3O4/c26-20-15-29-22(28)25(20)14-19(16-6-2-1-3-7-16)23-21(27)17-8-10-18(11-9-17)24-12-4-5-13-24/h1-13,19H,14-15H2,(H,23,27). The first-order valence-electron chi connectivity index (χ1n) is 9.18. The molecule has 0 aliphatic carbocycles. The molecule has 7 heteroatoms. The number of imide groups is 1. The summed E-state index contributed by atoms with van der Waals surface area (Å²) in [5.74, 6) is -0.709. The van der Waals surface area contributed by atoms with E-state index in [1.54, 1.807) is 12.1 Å². The molecular weight excluding hydrogens is 370 g/mol. The number of nitrogens with one attached hydrogen (secondary N) is 1. The minimum Gasteiger partial charge on any atom is -0.439 e. The van der Waals surface area contributed by atoms with E-state index in [2.05, 4.69) is 5.32 Å². The molecule has 2 heterocycles. The van der Waals surface area contributed by atoms with E-state index in [1.807, 2.05) is 71.6 Å². The van der Waals surface area contributed by atoms with Crippen LogP contribution in [0.3, 0.4) is 0 Å². The highest BCUT2D eigenvalue weighted by Gasteiger charge is 2.33. The summed E-state index contributed by atoms with van der Waals surface area (Å²) in [4.78, 5) is 37.6. The van der Waals surface area contributed by atoms with Crippen LogP contribution >= 0.6 is 0 Å². The van der Waals surface area contributed by atoms with Gasteiger partial charge in [0.15, 0.2) is 6.61 Å². The molecule has 3 aromatic rings. The first-order chi connectivity index (χ1) is 14.1. The van der Waals surface area contributed by atoms with Crippen molar-refractivity contribution in [3.05, 3.63) is 90.3 Å². The van der Waals surface area contributed by atoms with Crippen molar-refractivity contribution in [2.24, 2.45) is 0 Å². The molecule has 0 spiro atoms. The average molecular weight is 389 g/mol. The van der Waals surface area contributed by atoms with E-state index >= 15 is 0 Å². The van der Waals surface area contributed by atoms with Crippen LogP contribution in [-0.2, 0) is 9.53 Å². The van der Waals surface area contributed by atoms with E-state index in [-0.39, 0.29) is 19.1 Å². The molecule has 2 aromatic carbocycles. The fraction of sp³-hybridized carbons (Fsp3) is 0.136. The maximum Gasteiger partial charge on any atom is 0.417 e. The van der Waals surface area contributed by atoms with Crippen LogP contribution in [0.5, 0.6) is 0 Å². The largest absolute Gasteiger partial charge is 0.439 e. The van der Waals surface area contributed by atoms with Gasteiger partial charge in [0, 0.05) is 23.6 Å². The van der Waals surface area contributed by atoms with Crippen molar-refractivity contribution in [2.75, 3.05) is 13.2 Å². The van der Waals surface area contributed by atoms with Crippen LogP contribution in [0.15, 0.2) is 79.1 Å². The molecule has 1 saturated heterocycles. The zero-order valence-electron chi connectivity index (χ0n) is 15.5. The van der Waals surface area contributed by atoms with Gasteiger partial charge in [0.05, 0.1) is 12.6 Å². The zero-order valence-corrected chi connectivity index (χ0v) is 15.5. The summed E-state index contributed by atoms with van der Waals surface area (Å²) in [7, 11) is 0. The molecule has 1 aliphatic rings. The van der Waals surface area contributed by atoms with Gasteiger partial charge in [0.1, 0.15) is 0 Å². The topological polar surface area (TPSA) is 80.6 Å². The minimum absolute atomic E-state index is 0.00880. The number of hydrogen-bond donors (Lipinski definition) is 1. The molecule has 1 atom stereocenters. The maximum absolute atomic E-state index is 12.8. The Morgan fingerprint density at radius 1 is 0.966 bits per heavy atom. The quantitative estimate of drug-likeness (QED) is 0.703. The van der Waals surface area contributed by atoms with Gasteiger partial charge in [-0.3, -0.25) is 9.59 Å². The summed E-state index contributed by atoms with van der Waals surface area (Å²) in [6.07, 6.45) is 3.15. The Balaban J connectivity index is 1.53. The fourth-order valence-electron chi connectivity index (χ4n) is 3.19. The number of rotatable bonds is 6. The van der Waals surface area contributed by atoms with Crippen molar-refractivity contribution in [1.29, 1.82) is 0 Å². The Kier molecular flexibility index (Phi) is 5.11. The van der Waals surface area contributed by atoms with Crippen LogP contribution in [0.2, 0.25) is 0 Å². The van der Waals surface area contributed by atoms with Crippen LogP contribution in [0, 0.1) is 0 Å². The predicted molar refractivity (Wildman–Crippen MR) is 105 cm³/mol. The number of carbonyl (C=O) groups is 3. The summed E-state index contributed by atoms with van der Waals surface area (Å²) in [5, 5.41) is 2.92. The third-order valence-corrected chi connectivity index (χ3v) is 4.75. The Morgan fingerprint density at radius 2 is 1.66 bits per heavy atom. The lowest BCUT2D eigenvalue weighted by molar-refractivity contribution is -0.126. The van der Waals surface area contributed by atoms with Crippen molar-refractivity contribution in [2.45, 2.75) is 6.04 Å². The van der Waals surface area contributed by atoms with E-state index in [0.29, 0.717) is 5.56 Å². The van der Waals surface area contributed by atoms with Gasteiger partial charge >= 0.3 is 6.09 Å². The van der Waals surface area contributed by atoms with Crippen molar-refractivity contribution < 1.29 is 19.1 Å². The monoisotopic (exact) mass is 389 g/mol. The third-order valence-electron chi connectivity index (χ3n) is 4.75. The molecule has 4 rings (SSSR count). The molecule has 29 heavy (non-hydrogen) atoms. The van der Waals surface area contributed by atoms with E-state index in [4.69, 9.17) is 4.74 Å². The van der Waals surface area contributed by atoms with Crippen molar-refractivity contribution in [3.8, 4) is 5.69 Å². The number of ether oxygens (including phenoxy) is 1. The van der Waals surface area contributed by atoms with Crippen LogP contribution in [0.4, 0.5) is 4.79 Å². The second kappa shape index (κ2) is 8.02. The number of amides is 3. The van der Waals surface area contributed by atoms with E-state index in [9.17, 15) is 14.4 Å². The molecule has 1 unspecified atom stereocenters. The highest BCUT2D eigenvalue weighted by atomic mass is 16.6. The van der Waals surface area contributed by atoms with Crippen molar-refractivity contribution >= 4 is 17.9 Å². The molecule has 0 bridgehead atoms. The highest BCUT2D eigenvalue weighted by Crippen LogP contribution is 2.19. The second-order valence-electron chi connectivity index (χ2n) is 6.63. The molecule has 7 nitrogen and oxygen atoms in total. The van der Waals surface area contributed by atoms with Gasteiger partial charge in [-0.05, 0) is 42.0 Å². The molecular formula is C22H19N3O4. The lowest BCUT2D eigenvalue weighted by Crippen LogP contribution is -2.40. The normalized spacial score (nSPS) is 14.6. The van der Waals surface area contributed by atoms with Gasteiger partial charge in [0.25, 0.3) is 11.8 Å². The zero-order chi connectivity index (χ0) is 20.2. The summed E-state index contributed by atoms with van der Waals surface area (Å²) in [5.41, 5.74) is 2.21. The lowest BCUT2D eigenvalue weighted by atomic mass is 10.1. The maximum atomic E-state index is 12.8. The number of aromatic nitrogens is 1. The first-order valence-corrected chi connectivity index (χ1v) is 9.18. The Bertz CT molecular complexity index is 998. The van der Waals surface area contributed by atoms with Crippen LogP contribution in [-0.4, -0.2) is 40.5 Å². The Labute approximate surface area is 167 Å². The lowest BCUT2D eigenvalue weighted by Gasteiger charge is -2.23. The number of hydrogen-bond acceptors (Lipinski definition) is 4. The fourth-order valence-corrected chi connectivity index (χ4v) is 3.19. The molecule has 3 amide bonds. The molecule has 1 fully saturated rings. The number of carbonyl (C=O) groups excluding carboxylic acids is 3. The average Bonchev–Trinajstić information content (AvgIpc) is 3.40. The van der Waals surface area contributed by atoms with Crippen molar-refractivity contribution in [1.82, 2.24) is 14.8 Å². The second-order valence-corrected chi connectivity index (χ2v) is 6.63. The van der Waals surface area contributed by atoms with Crippen molar-refractivity contribution in [3.63, 3.8) is 0 Å². The third kappa shape index (κ3) is 4.03. The summed E-state index contributed by atoms with van der Waals surface area (Å²) in [6, 6.07) is 19.7. The Hall–Kier alpha value is -3.87. The summed E-state index contributed by atoms with van der Waals surface area (Å²) >= 11 is 0. The van der Waals surface area contributed by atoms with E-state index < -0.39 is 18.0 Å². The SMILES string of the molecule is O=C(NC(CN1C(=O)COC1=O)c1ccccc1)c1ccc(-n2cccc2)cc1. The van der Waals surface area contributed by atoms with Gasteiger partial charge in [-0.15, -0.1) is 0 Å². The number of benzene rings is 2. The molecule has 1 aromatic heterocycles. The van der Waals surface area contributed by atoms with Gasteiger partial charge in [-0.1, -0.05) is 30.3 Å². The Morgan fingerprint density at radius 3 is 2.28 bits per heavy atom. The molecule has 146 valence electrons. The van der Waals surface area contributed by atoms with E-state index in [0.717, 1.165) is 16.2 Å². The van der Waals surface area contributed by atoms with Gasteiger partial charge in [-0.25, -0.2) is 9.69 Å². The van der Waals surface area contributed by atoms with Crippen LogP contribution in [0.25, 0.3) is 5.69 Å². The van der Waals surface area contributed by atoms with Gasteiger partial charge in [0.2, 0.25) is 0 Å². The molecule has 1 N–H and O–H groups in total. The van der Waals surface area contributed by atoms with Gasteiger partial charge in [-0.2, -0.15) is 0 Å². The molecule has 1 aliphatic heterocycles. The van der Waals surface area contributed by atoms with E-state index in [1.165, 1.54) is 0 Å². The molecule has 0 radical (unpaired) electrons. The predicted octanol–water partition coefficient (Wildman–Crippen LogP) is 2.93. The first kappa shape index (κ1) is 18.5.